The Balaban J connectivity index is 1.25. The van der Waals surface area contributed by atoms with Crippen molar-refractivity contribution in [2.24, 2.45) is 0 Å². The lowest BCUT2D eigenvalue weighted by Gasteiger charge is -2.22. The first-order valence-electron chi connectivity index (χ1n) is 14.6. The summed E-state index contributed by atoms with van der Waals surface area (Å²) >= 11 is 0. The summed E-state index contributed by atoms with van der Waals surface area (Å²) in [6, 6.07) is 27.5. The van der Waals surface area contributed by atoms with Crippen LogP contribution in [0.5, 0.6) is 11.5 Å². The van der Waals surface area contributed by atoms with Crippen molar-refractivity contribution in [1.29, 1.82) is 0 Å². The number of para-hydroxylation sites is 1. The minimum atomic E-state index is 0.424. The third-order valence-corrected chi connectivity index (χ3v) is 7.65. The quantitative estimate of drug-likeness (QED) is 0.158. The number of methoxy groups -OCH3 is 2. The Morgan fingerprint density at radius 1 is 0.644 bits per heavy atom. The van der Waals surface area contributed by atoms with Crippen molar-refractivity contribution in [3.63, 3.8) is 0 Å². The number of hydrogen-bond donors (Lipinski definition) is 0. The summed E-state index contributed by atoms with van der Waals surface area (Å²) < 4.78 is 24.1. The summed E-state index contributed by atoms with van der Waals surface area (Å²) in [4.78, 5) is 21.1. The van der Waals surface area contributed by atoms with E-state index in [0.29, 0.717) is 65.2 Å². The zero-order valence-corrected chi connectivity index (χ0v) is 25.2. The zero-order valence-electron chi connectivity index (χ0n) is 25.2. The molecule has 0 N–H and O–H groups in total. The molecule has 0 radical (unpaired) electrons. The van der Waals surface area contributed by atoms with E-state index in [1.165, 1.54) is 0 Å². The molecule has 0 unspecified atom stereocenters. The van der Waals surface area contributed by atoms with Gasteiger partial charge in [-0.15, -0.1) is 0 Å². The number of aromatic nitrogens is 4. The van der Waals surface area contributed by atoms with Gasteiger partial charge in [0.05, 0.1) is 36.7 Å². The number of rotatable bonds is 10. The van der Waals surface area contributed by atoms with Crippen LogP contribution in [-0.2, 0) is 19.6 Å². The number of nitrogens with zero attached hydrogens (tertiary/aromatic N) is 5. The predicted octanol–water partition coefficient (Wildman–Crippen LogP) is 7.62. The first-order chi connectivity index (χ1) is 22.1. The fourth-order valence-electron chi connectivity index (χ4n) is 5.48. The summed E-state index contributed by atoms with van der Waals surface area (Å²) in [5.74, 6) is 1.99. The number of aryl methyl sites for hydroxylation is 1. The first-order valence-corrected chi connectivity index (χ1v) is 14.6. The normalized spacial score (nSPS) is 11.5. The van der Waals surface area contributed by atoms with Crippen molar-refractivity contribution in [2.75, 3.05) is 14.2 Å². The molecule has 0 aliphatic carbocycles. The standard InChI is InChI=1S/C36H31N5O4/c1-23-13-14-29-33(17-23)45-35(39-29)27-18-32(43-3)28(19-31(27)42-2)36-40-34-24(9-8-12-30(34)44-36)20-41(21-25-10-4-6-15-37-25)22-26-11-5-7-16-38-26/h4-19H,20-22H2,1-3H3. The number of hydrogen-bond acceptors (Lipinski definition) is 9. The monoisotopic (exact) mass is 597 g/mol. The second kappa shape index (κ2) is 12.2. The number of pyridine rings is 2. The summed E-state index contributed by atoms with van der Waals surface area (Å²) in [6.45, 7) is 3.94. The minimum absolute atomic E-state index is 0.424. The first kappa shape index (κ1) is 28.2. The summed E-state index contributed by atoms with van der Waals surface area (Å²) in [5.41, 5.74) is 8.34. The van der Waals surface area contributed by atoms with Gasteiger partial charge in [0, 0.05) is 32.0 Å². The van der Waals surface area contributed by atoms with Gasteiger partial charge in [0.1, 0.15) is 22.5 Å². The SMILES string of the molecule is COc1cc(-c2nc3c(CN(Cc4ccccn4)Cc4ccccn4)cccc3o2)c(OC)cc1-c1nc2ccc(C)cc2o1. The maximum Gasteiger partial charge on any atom is 0.231 e. The second-order valence-corrected chi connectivity index (χ2v) is 10.8. The molecule has 0 fully saturated rings. The van der Waals surface area contributed by atoms with E-state index in [-0.39, 0.29) is 0 Å². The van der Waals surface area contributed by atoms with Crippen LogP contribution >= 0.6 is 0 Å². The third-order valence-electron chi connectivity index (χ3n) is 7.65. The summed E-state index contributed by atoms with van der Waals surface area (Å²) in [7, 11) is 3.23. The highest BCUT2D eigenvalue weighted by molar-refractivity contribution is 5.84. The van der Waals surface area contributed by atoms with E-state index in [9.17, 15) is 0 Å². The van der Waals surface area contributed by atoms with Gasteiger partial charge in [-0.1, -0.05) is 30.3 Å². The minimum Gasteiger partial charge on any atom is -0.496 e. The molecule has 0 aliphatic rings. The molecule has 0 bridgehead atoms. The van der Waals surface area contributed by atoms with E-state index in [1.54, 1.807) is 14.2 Å². The van der Waals surface area contributed by atoms with E-state index in [1.807, 2.05) is 98.2 Å². The number of ether oxygens (including phenoxy) is 2. The van der Waals surface area contributed by atoms with Crippen LogP contribution in [0.2, 0.25) is 0 Å². The lowest BCUT2D eigenvalue weighted by Crippen LogP contribution is -2.23. The molecule has 0 spiro atoms. The van der Waals surface area contributed by atoms with Crippen LogP contribution in [0.4, 0.5) is 0 Å². The maximum absolute atomic E-state index is 6.33. The Hall–Kier alpha value is -5.54. The lowest BCUT2D eigenvalue weighted by atomic mass is 10.1. The van der Waals surface area contributed by atoms with Crippen molar-refractivity contribution in [3.8, 4) is 34.4 Å². The van der Waals surface area contributed by atoms with E-state index in [2.05, 4.69) is 25.9 Å². The van der Waals surface area contributed by atoms with E-state index in [4.69, 9.17) is 23.3 Å². The van der Waals surface area contributed by atoms with Gasteiger partial charge >= 0.3 is 0 Å². The highest BCUT2D eigenvalue weighted by Gasteiger charge is 2.22. The Morgan fingerprint density at radius 3 is 1.91 bits per heavy atom. The van der Waals surface area contributed by atoms with Crippen molar-refractivity contribution in [3.05, 3.63) is 120 Å². The van der Waals surface area contributed by atoms with E-state index in [0.717, 1.165) is 33.5 Å². The van der Waals surface area contributed by atoms with Gasteiger partial charge in [-0.25, -0.2) is 9.97 Å². The van der Waals surface area contributed by atoms with Crippen molar-refractivity contribution in [2.45, 2.75) is 26.6 Å². The molecule has 9 nitrogen and oxygen atoms in total. The van der Waals surface area contributed by atoms with Crippen LogP contribution in [0.15, 0.2) is 106 Å². The molecule has 4 aromatic heterocycles. The highest BCUT2D eigenvalue weighted by atomic mass is 16.5. The summed E-state index contributed by atoms with van der Waals surface area (Å²) in [5, 5.41) is 0. The largest absolute Gasteiger partial charge is 0.496 e. The molecule has 4 heterocycles. The van der Waals surface area contributed by atoms with Crippen LogP contribution < -0.4 is 9.47 Å². The fourth-order valence-corrected chi connectivity index (χ4v) is 5.48. The third kappa shape index (κ3) is 5.85. The second-order valence-electron chi connectivity index (χ2n) is 10.8. The fraction of sp³-hybridized carbons (Fsp3) is 0.167. The summed E-state index contributed by atoms with van der Waals surface area (Å²) in [6.07, 6.45) is 3.63. The van der Waals surface area contributed by atoms with Crippen molar-refractivity contribution in [1.82, 2.24) is 24.8 Å². The van der Waals surface area contributed by atoms with Crippen molar-refractivity contribution >= 4 is 22.2 Å². The Kier molecular flexibility index (Phi) is 7.67. The maximum atomic E-state index is 6.33. The Labute approximate surface area is 260 Å². The van der Waals surface area contributed by atoms with Gasteiger partial charge in [-0.05, 0) is 72.6 Å². The van der Waals surface area contributed by atoms with Crippen LogP contribution in [0, 0.1) is 6.92 Å². The molecule has 0 saturated heterocycles. The number of oxazole rings is 2. The lowest BCUT2D eigenvalue weighted by molar-refractivity contribution is 0.242. The molecular formula is C36H31N5O4. The number of benzene rings is 3. The molecule has 0 aliphatic heterocycles. The average Bonchev–Trinajstić information content (AvgIpc) is 3.70. The van der Waals surface area contributed by atoms with Gasteiger partial charge in [0.15, 0.2) is 11.2 Å². The topological polar surface area (TPSA) is 99.5 Å². The van der Waals surface area contributed by atoms with Gasteiger partial charge in [0.25, 0.3) is 0 Å². The van der Waals surface area contributed by atoms with Crippen LogP contribution in [0.3, 0.4) is 0 Å². The molecule has 3 aromatic carbocycles. The molecule has 7 rings (SSSR count). The smallest absolute Gasteiger partial charge is 0.231 e. The van der Waals surface area contributed by atoms with E-state index < -0.39 is 0 Å². The molecule has 0 saturated carbocycles. The molecule has 224 valence electrons. The van der Waals surface area contributed by atoms with Crippen LogP contribution in [0.1, 0.15) is 22.5 Å². The van der Waals surface area contributed by atoms with Crippen LogP contribution in [0.25, 0.3) is 45.1 Å². The molecule has 45 heavy (non-hydrogen) atoms. The highest BCUT2D eigenvalue weighted by Crippen LogP contribution is 2.42. The molecule has 0 amide bonds. The van der Waals surface area contributed by atoms with Gasteiger partial charge in [-0.3, -0.25) is 14.9 Å². The average molecular weight is 598 g/mol. The molecule has 7 aromatic rings. The molecule has 9 heteroatoms. The van der Waals surface area contributed by atoms with Crippen LogP contribution in [-0.4, -0.2) is 39.1 Å². The zero-order chi connectivity index (χ0) is 30.8. The number of fused-ring (bicyclic) bond motifs is 2. The predicted molar refractivity (Wildman–Crippen MR) is 172 cm³/mol. The van der Waals surface area contributed by atoms with Crippen molar-refractivity contribution < 1.29 is 18.3 Å². The van der Waals surface area contributed by atoms with Gasteiger partial charge in [0.2, 0.25) is 11.8 Å². The van der Waals surface area contributed by atoms with Gasteiger partial charge < -0.3 is 18.3 Å². The molecular weight excluding hydrogens is 566 g/mol. The Morgan fingerprint density at radius 2 is 1.29 bits per heavy atom. The molecule has 0 atom stereocenters. The van der Waals surface area contributed by atoms with E-state index >= 15 is 0 Å². The Bertz CT molecular complexity index is 2050. The van der Waals surface area contributed by atoms with Gasteiger partial charge in [-0.2, -0.15) is 0 Å².